The fraction of sp³-hybridized carbons (Fsp3) is 0.211. The van der Waals surface area contributed by atoms with Gasteiger partial charge in [-0.15, -0.1) is 0 Å². The molecule has 26 heavy (non-hydrogen) atoms. The Morgan fingerprint density at radius 1 is 1.00 bits per heavy atom. The minimum atomic E-state index is -1.82. The molecule has 5 N–H and O–H groups in total. The lowest BCUT2D eigenvalue weighted by atomic mass is 10.0. The average molecular weight is 355 g/mol. The summed E-state index contributed by atoms with van der Waals surface area (Å²) in [7, 11) is 0. The van der Waals surface area contributed by atoms with Gasteiger partial charge < -0.3 is 20.9 Å². The molecule has 0 aliphatic rings. The van der Waals surface area contributed by atoms with Crippen molar-refractivity contribution in [1.82, 2.24) is 9.97 Å². The van der Waals surface area contributed by atoms with Gasteiger partial charge in [0.25, 0.3) is 0 Å². The molecule has 0 saturated carbocycles. The number of aliphatic carboxylic acids is 2. The first-order valence-corrected chi connectivity index (χ1v) is 8.22. The predicted molar refractivity (Wildman–Crippen MR) is 98.8 cm³/mol. The number of hydrogen-bond donors (Lipinski definition) is 4. The van der Waals surface area contributed by atoms with E-state index in [1.165, 1.54) is 16.5 Å². The number of nitrogens with zero attached hydrogens (tertiary/aromatic N) is 1. The number of carboxylic acid groups (broad SMARTS) is 2. The lowest BCUT2D eigenvalue weighted by Gasteiger charge is -2.04. The Bertz CT molecular complexity index is 863. The number of para-hydroxylation sites is 1. The maximum absolute atomic E-state index is 9.10. The Labute approximate surface area is 150 Å². The molecule has 0 aliphatic carbocycles. The van der Waals surface area contributed by atoms with Crippen molar-refractivity contribution in [3.8, 4) is 11.4 Å². The number of fused-ring (bicyclic) bond motifs is 1. The summed E-state index contributed by atoms with van der Waals surface area (Å²) in [5.74, 6) is -3.65. The van der Waals surface area contributed by atoms with E-state index in [4.69, 9.17) is 25.5 Å². The standard InChI is InChI=1S/C17H19N3.C2H2O4/c18-11-5-3-8-14-13-7-1-2-9-15(13)20-17(14)16-10-4-6-12-19-16;3-1(4)2(5)6/h1-2,4,6-7,9-10,12,20H,3,5,8,11,18H2;(H,3,4)(H,5,6). The molecule has 0 fully saturated rings. The molecule has 2 aromatic heterocycles. The number of aromatic amines is 1. The van der Waals surface area contributed by atoms with E-state index in [9.17, 15) is 0 Å². The summed E-state index contributed by atoms with van der Waals surface area (Å²) in [5.41, 5.74) is 10.3. The number of hydrogen-bond acceptors (Lipinski definition) is 4. The smallest absolute Gasteiger partial charge is 0.414 e. The van der Waals surface area contributed by atoms with Crippen LogP contribution in [0.25, 0.3) is 22.3 Å². The van der Waals surface area contributed by atoms with Gasteiger partial charge in [-0.2, -0.15) is 0 Å². The Balaban J connectivity index is 0.000000352. The van der Waals surface area contributed by atoms with Crippen LogP contribution in [-0.4, -0.2) is 38.7 Å². The number of benzene rings is 1. The van der Waals surface area contributed by atoms with Crippen molar-refractivity contribution in [1.29, 1.82) is 0 Å². The van der Waals surface area contributed by atoms with Gasteiger partial charge >= 0.3 is 11.9 Å². The molecule has 0 amide bonds. The summed E-state index contributed by atoms with van der Waals surface area (Å²) in [6.45, 7) is 0.751. The maximum atomic E-state index is 9.10. The number of H-pyrrole nitrogens is 1. The van der Waals surface area contributed by atoms with Crippen molar-refractivity contribution in [3.63, 3.8) is 0 Å². The highest BCUT2D eigenvalue weighted by atomic mass is 16.4. The van der Waals surface area contributed by atoms with Gasteiger partial charge in [0.05, 0.1) is 11.4 Å². The topological polar surface area (TPSA) is 129 Å². The zero-order valence-electron chi connectivity index (χ0n) is 14.2. The number of carbonyl (C=O) groups is 2. The van der Waals surface area contributed by atoms with Crippen LogP contribution >= 0.6 is 0 Å². The minimum absolute atomic E-state index is 0.751. The molecule has 136 valence electrons. The summed E-state index contributed by atoms with van der Waals surface area (Å²) >= 11 is 0. The molecule has 2 heterocycles. The molecule has 0 spiro atoms. The zero-order chi connectivity index (χ0) is 18.9. The van der Waals surface area contributed by atoms with E-state index in [-0.39, 0.29) is 0 Å². The SMILES string of the molecule is NCCCCc1c(-c2ccccn2)[nH]c2ccccc12.O=C(O)C(=O)O. The van der Waals surface area contributed by atoms with Crippen LogP contribution in [0.3, 0.4) is 0 Å². The quantitative estimate of drug-likeness (QED) is 0.411. The lowest BCUT2D eigenvalue weighted by Crippen LogP contribution is -2.09. The van der Waals surface area contributed by atoms with Gasteiger partial charge in [-0.25, -0.2) is 9.59 Å². The predicted octanol–water partition coefficient (Wildman–Crippen LogP) is 2.67. The van der Waals surface area contributed by atoms with Gasteiger partial charge in [0.1, 0.15) is 0 Å². The number of aryl methyl sites for hydroxylation is 1. The van der Waals surface area contributed by atoms with E-state index in [0.29, 0.717) is 0 Å². The third-order valence-corrected chi connectivity index (χ3v) is 3.80. The van der Waals surface area contributed by atoms with Crippen molar-refractivity contribution in [2.24, 2.45) is 5.73 Å². The van der Waals surface area contributed by atoms with Gasteiger partial charge in [-0.05, 0) is 49.6 Å². The Morgan fingerprint density at radius 2 is 1.69 bits per heavy atom. The average Bonchev–Trinajstić information content (AvgIpc) is 3.02. The Kier molecular flexibility index (Phi) is 6.87. The third kappa shape index (κ3) is 4.90. The first kappa shape index (κ1) is 19.1. The molecule has 0 saturated heterocycles. The fourth-order valence-corrected chi connectivity index (χ4v) is 2.64. The number of aromatic nitrogens is 2. The molecule has 0 bridgehead atoms. The second kappa shape index (κ2) is 9.33. The lowest BCUT2D eigenvalue weighted by molar-refractivity contribution is -0.159. The van der Waals surface area contributed by atoms with E-state index in [0.717, 1.165) is 37.2 Å². The zero-order valence-corrected chi connectivity index (χ0v) is 14.2. The minimum Gasteiger partial charge on any atom is -0.473 e. The van der Waals surface area contributed by atoms with Gasteiger partial charge in [0.15, 0.2) is 0 Å². The van der Waals surface area contributed by atoms with Crippen molar-refractivity contribution >= 4 is 22.8 Å². The molecule has 0 radical (unpaired) electrons. The number of carboxylic acids is 2. The van der Waals surface area contributed by atoms with E-state index >= 15 is 0 Å². The fourth-order valence-electron chi connectivity index (χ4n) is 2.64. The first-order chi connectivity index (χ1) is 12.5. The number of unbranched alkanes of at least 4 members (excludes halogenated alkanes) is 1. The van der Waals surface area contributed by atoms with Crippen LogP contribution in [0, 0.1) is 0 Å². The van der Waals surface area contributed by atoms with E-state index in [2.05, 4.69) is 40.3 Å². The highest BCUT2D eigenvalue weighted by molar-refractivity contribution is 6.27. The molecule has 0 atom stereocenters. The first-order valence-electron chi connectivity index (χ1n) is 8.22. The maximum Gasteiger partial charge on any atom is 0.414 e. The monoisotopic (exact) mass is 355 g/mol. The van der Waals surface area contributed by atoms with Crippen LogP contribution in [0.5, 0.6) is 0 Å². The molecule has 1 aromatic carbocycles. The van der Waals surface area contributed by atoms with Crippen LogP contribution in [-0.2, 0) is 16.0 Å². The van der Waals surface area contributed by atoms with Gasteiger partial charge in [-0.3, -0.25) is 4.98 Å². The van der Waals surface area contributed by atoms with Crippen LogP contribution < -0.4 is 5.73 Å². The van der Waals surface area contributed by atoms with E-state index in [1.807, 2.05) is 18.3 Å². The summed E-state index contributed by atoms with van der Waals surface area (Å²) in [6.07, 6.45) is 5.04. The van der Waals surface area contributed by atoms with Crippen LogP contribution in [0.2, 0.25) is 0 Å². The molecule has 3 aromatic rings. The normalized spacial score (nSPS) is 10.2. The Hall–Kier alpha value is -3.19. The summed E-state index contributed by atoms with van der Waals surface area (Å²) < 4.78 is 0. The second-order valence-corrected chi connectivity index (χ2v) is 5.60. The van der Waals surface area contributed by atoms with Crippen molar-refractivity contribution < 1.29 is 19.8 Å². The van der Waals surface area contributed by atoms with Gasteiger partial charge in [0.2, 0.25) is 0 Å². The molecule has 7 heteroatoms. The van der Waals surface area contributed by atoms with Crippen LogP contribution in [0.15, 0.2) is 48.7 Å². The van der Waals surface area contributed by atoms with Crippen molar-refractivity contribution in [2.75, 3.05) is 6.54 Å². The van der Waals surface area contributed by atoms with Crippen LogP contribution in [0.4, 0.5) is 0 Å². The highest BCUT2D eigenvalue weighted by Crippen LogP contribution is 2.30. The van der Waals surface area contributed by atoms with Gasteiger partial charge in [0, 0.05) is 17.1 Å². The summed E-state index contributed by atoms with van der Waals surface area (Å²) in [5, 5.41) is 16.1. The number of rotatable bonds is 5. The highest BCUT2D eigenvalue weighted by Gasteiger charge is 2.13. The molecule has 0 aliphatic heterocycles. The Morgan fingerprint density at radius 3 is 2.31 bits per heavy atom. The van der Waals surface area contributed by atoms with Crippen LogP contribution in [0.1, 0.15) is 18.4 Å². The molecule has 3 rings (SSSR count). The summed E-state index contributed by atoms with van der Waals surface area (Å²) in [6, 6.07) is 14.5. The third-order valence-electron chi connectivity index (χ3n) is 3.80. The molecular formula is C19H21N3O4. The number of nitrogens with one attached hydrogen (secondary N) is 1. The van der Waals surface area contributed by atoms with E-state index in [1.54, 1.807) is 0 Å². The molecule has 7 nitrogen and oxygen atoms in total. The molecular weight excluding hydrogens is 334 g/mol. The number of pyridine rings is 1. The largest absolute Gasteiger partial charge is 0.473 e. The number of nitrogens with two attached hydrogens (primary N) is 1. The van der Waals surface area contributed by atoms with E-state index < -0.39 is 11.9 Å². The summed E-state index contributed by atoms with van der Waals surface area (Å²) in [4.78, 5) is 26.2. The van der Waals surface area contributed by atoms with Crippen molar-refractivity contribution in [2.45, 2.75) is 19.3 Å². The molecule has 0 unspecified atom stereocenters. The van der Waals surface area contributed by atoms with Gasteiger partial charge in [-0.1, -0.05) is 24.3 Å². The van der Waals surface area contributed by atoms with Crippen molar-refractivity contribution in [3.05, 3.63) is 54.2 Å². The second-order valence-electron chi connectivity index (χ2n) is 5.60.